The minimum absolute atomic E-state index is 0.00392. The Balaban J connectivity index is 1.81. The van der Waals surface area contributed by atoms with Crippen LogP contribution >= 0.6 is 0 Å². The Bertz CT molecular complexity index is 1720. The van der Waals surface area contributed by atoms with Crippen LogP contribution in [0.3, 0.4) is 0 Å². The van der Waals surface area contributed by atoms with Crippen molar-refractivity contribution in [1.29, 1.82) is 0 Å². The van der Waals surface area contributed by atoms with Crippen LogP contribution in [0.2, 0.25) is 0 Å². The molecule has 0 spiro atoms. The highest BCUT2D eigenvalue weighted by Gasteiger charge is 2.30. The maximum absolute atomic E-state index is 14.9. The summed E-state index contributed by atoms with van der Waals surface area (Å²) in [6.07, 6.45) is 3.08. The van der Waals surface area contributed by atoms with Crippen LogP contribution in [0.25, 0.3) is 22.4 Å². The van der Waals surface area contributed by atoms with Crippen molar-refractivity contribution >= 4 is 37.8 Å². The van der Waals surface area contributed by atoms with Crippen molar-refractivity contribution < 1.29 is 31.3 Å². The summed E-state index contributed by atoms with van der Waals surface area (Å²) in [7, 11) is -5.82. The van der Waals surface area contributed by atoms with Gasteiger partial charge < -0.3 is 5.11 Å². The van der Waals surface area contributed by atoms with Gasteiger partial charge in [-0.05, 0) is 42.9 Å². The van der Waals surface area contributed by atoms with E-state index in [-0.39, 0.29) is 45.2 Å². The fourth-order valence-corrected chi connectivity index (χ4v) is 6.97. The van der Waals surface area contributed by atoms with Crippen molar-refractivity contribution in [1.82, 2.24) is 18.9 Å². The number of hydrogen-bond donors (Lipinski definition) is 1. The van der Waals surface area contributed by atoms with E-state index in [0.717, 1.165) is 28.0 Å². The molecule has 3 aromatic heterocycles. The summed E-state index contributed by atoms with van der Waals surface area (Å²) in [6, 6.07) is 7.31. The number of carbonyl (C=O) groups is 1. The van der Waals surface area contributed by atoms with Crippen molar-refractivity contribution in [2.24, 2.45) is 11.3 Å². The van der Waals surface area contributed by atoms with E-state index in [9.17, 15) is 26.2 Å². The number of rotatable bonds is 9. The number of fused-ring (bicyclic) bond motifs is 1. The largest absolute Gasteiger partial charge is 0.481 e. The Morgan fingerprint density at radius 3 is 2.42 bits per heavy atom. The van der Waals surface area contributed by atoms with Crippen LogP contribution in [-0.2, 0) is 32.0 Å². The molecule has 3 heterocycles. The SMILES string of the molecule is Cc1ccc(S(=O)(=O)n2cc(-c3ncc(F)c(C[C@H](CS(=O)CC(=O)O)C(C)(C)C)n3)c3cc(F)cnc32)cc1. The Kier molecular flexibility index (Phi) is 8.18. The molecule has 40 heavy (non-hydrogen) atoms. The molecule has 0 fully saturated rings. The molecule has 2 atom stereocenters. The second kappa shape index (κ2) is 11.1. The lowest BCUT2D eigenvalue weighted by molar-refractivity contribution is -0.134. The van der Waals surface area contributed by atoms with Gasteiger partial charge in [-0.1, -0.05) is 38.5 Å². The van der Waals surface area contributed by atoms with Crippen LogP contribution in [0.5, 0.6) is 0 Å². The van der Waals surface area contributed by atoms with Crippen molar-refractivity contribution in [3.63, 3.8) is 0 Å². The first-order valence-electron chi connectivity index (χ1n) is 12.2. The van der Waals surface area contributed by atoms with Gasteiger partial charge in [0.15, 0.2) is 17.3 Å². The van der Waals surface area contributed by atoms with Gasteiger partial charge in [0.05, 0.1) is 23.0 Å². The molecule has 0 aliphatic carbocycles. The van der Waals surface area contributed by atoms with E-state index in [0.29, 0.717) is 0 Å². The molecule has 1 unspecified atom stereocenters. The first-order chi connectivity index (χ1) is 18.7. The predicted octanol–water partition coefficient (Wildman–Crippen LogP) is 4.36. The van der Waals surface area contributed by atoms with Gasteiger partial charge in [0.2, 0.25) is 0 Å². The fraction of sp³-hybridized carbons (Fsp3) is 0.333. The van der Waals surface area contributed by atoms with Gasteiger partial charge in [-0.2, -0.15) is 0 Å². The predicted molar refractivity (Wildman–Crippen MR) is 147 cm³/mol. The topological polar surface area (TPSA) is 132 Å². The number of carboxylic acids is 1. The molecular formula is C27H28F2N4O5S2. The zero-order valence-electron chi connectivity index (χ0n) is 22.3. The van der Waals surface area contributed by atoms with E-state index in [2.05, 4.69) is 15.0 Å². The molecule has 4 rings (SSSR count). The molecule has 0 amide bonds. The molecule has 13 heteroatoms. The Hall–Kier alpha value is -3.58. The molecule has 212 valence electrons. The highest BCUT2D eigenvalue weighted by molar-refractivity contribution is 7.90. The average molecular weight is 591 g/mol. The third-order valence-electron chi connectivity index (χ3n) is 6.55. The molecule has 0 aliphatic rings. The number of nitrogens with zero attached hydrogens (tertiary/aromatic N) is 4. The molecular weight excluding hydrogens is 562 g/mol. The number of aromatic nitrogens is 4. The molecule has 0 radical (unpaired) electrons. The zero-order chi connectivity index (χ0) is 29.4. The molecule has 1 N–H and O–H groups in total. The number of benzene rings is 1. The summed E-state index contributed by atoms with van der Waals surface area (Å²) < 4.78 is 69.5. The Morgan fingerprint density at radius 1 is 1.12 bits per heavy atom. The van der Waals surface area contributed by atoms with Crippen molar-refractivity contribution in [2.75, 3.05) is 11.5 Å². The number of hydrogen-bond acceptors (Lipinski definition) is 7. The molecule has 9 nitrogen and oxygen atoms in total. The first kappa shape index (κ1) is 29.4. The van der Waals surface area contributed by atoms with Crippen LogP contribution < -0.4 is 0 Å². The highest BCUT2D eigenvalue weighted by atomic mass is 32.2. The Morgan fingerprint density at radius 2 is 1.80 bits per heavy atom. The second-order valence-corrected chi connectivity index (χ2v) is 13.9. The third-order valence-corrected chi connectivity index (χ3v) is 9.56. The van der Waals surface area contributed by atoms with Crippen molar-refractivity contribution in [3.05, 3.63) is 71.8 Å². The molecule has 0 aliphatic heterocycles. The van der Waals surface area contributed by atoms with E-state index in [1.165, 1.54) is 18.3 Å². The van der Waals surface area contributed by atoms with Crippen LogP contribution in [-0.4, -0.2) is 54.1 Å². The fourth-order valence-electron chi connectivity index (χ4n) is 4.18. The van der Waals surface area contributed by atoms with Gasteiger partial charge in [-0.15, -0.1) is 0 Å². The van der Waals surface area contributed by atoms with Gasteiger partial charge in [0.1, 0.15) is 11.6 Å². The smallest absolute Gasteiger partial charge is 0.316 e. The third kappa shape index (κ3) is 6.25. The molecule has 1 aromatic carbocycles. The van der Waals surface area contributed by atoms with Crippen LogP contribution in [0.4, 0.5) is 8.78 Å². The molecule has 0 saturated carbocycles. The minimum Gasteiger partial charge on any atom is -0.481 e. The van der Waals surface area contributed by atoms with E-state index in [4.69, 9.17) is 5.11 Å². The van der Waals surface area contributed by atoms with Gasteiger partial charge >= 0.3 is 5.97 Å². The van der Waals surface area contributed by atoms with E-state index in [1.807, 2.05) is 27.7 Å². The highest BCUT2D eigenvalue weighted by Crippen LogP contribution is 2.33. The number of pyridine rings is 1. The van der Waals surface area contributed by atoms with E-state index < -0.39 is 55.5 Å². The Labute approximate surface area is 232 Å². The average Bonchev–Trinajstić information content (AvgIpc) is 3.23. The van der Waals surface area contributed by atoms with Gasteiger partial charge in [-0.25, -0.2) is 36.1 Å². The van der Waals surface area contributed by atoms with Crippen molar-refractivity contribution in [3.8, 4) is 11.4 Å². The normalized spacial score (nSPS) is 13.8. The molecule has 0 saturated heterocycles. The van der Waals surface area contributed by atoms with Gasteiger partial charge in [0.25, 0.3) is 10.0 Å². The standard InChI is InChI=1S/C27H28F2N4O5S2/c1-16-5-7-19(8-6-16)40(37,38)33-13-21(20-10-18(28)11-31-26(20)33)25-30-12-22(29)23(32-25)9-17(27(2,3)4)14-39(36)15-24(34)35/h5-8,10-13,17H,9,14-15H2,1-4H3,(H,34,35)/t17-,39?/m1/s1. The monoisotopic (exact) mass is 590 g/mol. The molecule has 4 aromatic rings. The quantitative estimate of drug-likeness (QED) is 0.304. The lowest BCUT2D eigenvalue weighted by atomic mass is 9.79. The summed E-state index contributed by atoms with van der Waals surface area (Å²) in [5.74, 6) is -3.62. The van der Waals surface area contributed by atoms with E-state index >= 15 is 0 Å². The molecule has 0 bridgehead atoms. The summed E-state index contributed by atoms with van der Waals surface area (Å²) in [5, 5.41) is 9.11. The van der Waals surface area contributed by atoms with Crippen LogP contribution in [0, 0.1) is 29.9 Å². The number of aryl methyl sites for hydroxylation is 1. The summed E-state index contributed by atoms with van der Waals surface area (Å²) >= 11 is 0. The van der Waals surface area contributed by atoms with Crippen molar-refractivity contribution in [2.45, 2.75) is 39.0 Å². The lowest BCUT2D eigenvalue weighted by Crippen LogP contribution is -2.30. The summed E-state index contributed by atoms with van der Waals surface area (Å²) in [6.45, 7) is 7.43. The van der Waals surface area contributed by atoms with E-state index in [1.54, 1.807) is 12.1 Å². The maximum atomic E-state index is 14.9. The number of carboxylic acid groups (broad SMARTS) is 1. The first-order valence-corrected chi connectivity index (χ1v) is 15.2. The number of halogens is 2. The second-order valence-electron chi connectivity index (χ2n) is 10.6. The minimum atomic E-state index is -4.14. The van der Waals surface area contributed by atoms with Gasteiger partial charge in [-0.3, -0.25) is 9.00 Å². The lowest BCUT2D eigenvalue weighted by Gasteiger charge is -2.30. The van der Waals surface area contributed by atoms with Crippen LogP contribution in [0.1, 0.15) is 32.0 Å². The zero-order valence-corrected chi connectivity index (χ0v) is 23.9. The summed E-state index contributed by atoms with van der Waals surface area (Å²) in [4.78, 5) is 23.4. The van der Waals surface area contributed by atoms with Crippen LogP contribution in [0.15, 0.2) is 53.8 Å². The summed E-state index contributed by atoms with van der Waals surface area (Å²) in [5.41, 5.74) is 0.439. The van der Waals surface area contributed by atoms with Gasteiger partial charge in [0, 0.05) is 33.7 Å². The maximum Gasteiger partial charge on any atom is 0.316 e. The number of aliphatic carboxylic acids is 1.